The van der Waals surface area contributed by atoms with Crippen molar-refractivity contribution >= 4 is 11.6 Å². The van der Waals surface area contributed by atoms with E-state index in [0.717, 1.165) is 22.9 Å². The number of rotatable bonds is 1. The third kappa shape index (κ3) is 1.41. The lowest BCUT2D eigenvalue weighted by Gasteiger charge is -2.33. The zero-order valence-electron chi connectivity index (χ0n) is 8.62. The molecule has 2 heteroatoms. The Morgan fingerprint density at radius 2 is 1.93 bits per heavy atom. The molecule has 0 amide bonds. The molecule has 1 aromatic rings. The minimum absolute atomic E-state index is 0.476. The highest BCUT2D eigenvalue weighted by Gasteiger charge is 2.50. The summed E-state index contributed by atoms with van der Waals surface area (Å²) in [5, 5.41) is 11.4. The Morgan fingerprint density at radius 3 is 2.47 bits per heavy atom. The van der Waals surface area contributed by atoms with Crippen LogP contribution in [0.2, 0.25) is 5.02 Å². The summed E-state index contributed by atoms with van der Waals surface area (Å²) in [6.07, 6.45) is 4.64. The van der Waals surface area contributed by atoms with Crippen molar-refractivity contribution in [2.24, 2.45) is 11.8 Å². The summed E-state index contributed by atoms with van der Waals surface area (Å²) in [6, 6.07) is 7.70. The summed E-state index contributed by atoms with van der Waals surface area (Å²) in [4.78, 5) is 0. The Bertz CT molecular complexity index is 373. The molecule has 0 heterocycles. The minimum atomic E-state index is -0.562. The number of aliphatic hydroxyl groups is 1. The maximum atomic E-state index is 10.7. The van der Waals surface area contributed by atoms with Gasteiger partial charge < -0.3 is 5.11 Å². The molecule has 0 aromatic heterocycles. The van der Waals surface area contributed by atoms with Crippen LogP contribution < -0.4 is 0 Å². The monoisotopic (exact) mass is 222 g/mol. The predicted molar refractivity (Wildman–Crippen MR) is 60.8 cm³/mol. The van der Waals surface area contributed by atoms with Gasteiger partial charge in [-0.3, -0.25) is 0 Å². The van der Waals surface area contributed by atoms with Gasteiger partial charge in [0.1, 0.15) is 0 Å². The van der Waals surface area contributed by atoms with E-state index in [4.69, 9.17) is 11.6 Å². The summed E-state index contributed by atoms with van der Waals surface area (Å²) in [5.41, 5.74) is 0.493. The average molecular weight is 223 g/mol. The number of fused-ring (bicyclic) bond motifs is 2. The van der Waals surface area contributed by atoms with Gasteiger partial charge in [0.25, 0.3) is 0 Å². The fraction of sp³-hybridized carbons (Fsp3) is 0.538. The number of benzene rings is 1. The highest BCUT2D eigenvalue weighted by atomic mass is 35.5. The number of halogens is 1. The van der Waals surface area contributed by atoms with Gasteiger partial charge in [-0.05, 0) is 55.2 Å². The van der Waals surface area contributed by atoms with E-state index in [1.165, 1.54) is 19.3 Å². The molecule has 0 spiro atoms. The van der Waals surface area contributed by atoms with Crippen LogP contribution in [0.5, 0.6) is 0 Å². The van der Waals surface area contributed by atoms with Crippen molar-refractivity contribution in [3.8, 4) is 0 Å². The Kier molecular flexibility index (Phi) is 2.08. The Morgan fingerprint density at radius 1 is 1.20 bits per heavy atom. The smallest absolute Gasteiger partial charge is 0.0927 e. The molecule has 80 valence electrons. The third-order valence-electron chi connectivity index (χ3n) is 4.16. The lowest BCUT2D eigenvalue weighted by molar-refractivity contribution is -0.0182. The topological polar surface area (TPSA) is 20.2 Å². The molecule has 2 unspecified atom stereocenters. The van der Waals surface area contributed by atoms with E-state index in [1.807, 2.05) is 24.3 Å². The summed E-state index contributed by atoms with van der Waals surface area (Å²) in [6.45, 7) is 0. The molecule has 3 rings (SSSR count). The van der Waals surface area contributed by atoms with E-state index in [-0.39, 0.29) is 0 Å². The van der Waals surface area contributed by atoms with Crippen LogP contribution in [-0.4, -0.2) is 5.11 Å². The van der Waals surface area contributed by atoms with Crippen molar-refractivity contribution in [3.63, 3.8) is 0 Å². The zero-order chi connectivity index (χ0) is 10.5. The van der Waals surface area contributed by atoms with Crippen LogP contribution in [-0.2, 0) is 5.60 Å². The first-order valence-corrected chi connectivity index (χ1v) is 6.05. The van der Waals surface area contributed by atoms with Crippen molar-refractivity contribution in [1.29, 1.82) is 0 Å². The average Bonchev–Trinajstić information content (AvgIpc) is 2.78. The van der Waals surface area contributed by atoms with Crippen LogP contribution in [0, 0.1) is 11.8 Å². The first-order chi connectivity index (χ1) is 7.18. The van der Waals surface area contributed by atoms with Crippen LogP contribution in [0.4, 0.5) is 0 Å². The van der Waals surface area contributed by atoms with Gasteiger partial charge in [0, 0.05) is 5.02 Å². The maximum Gasteiger partial charge on any atom is 0.0927 e. The van der Waals surface area contributed by atoms with Crippen molar-refractivity contribution in [2.75, 3.05) is 0 Å². The second kappa shape index (κ2) is 3.23. The predicted octanol–water partition coefficient (Wildman–Crippen LogP) is 3.35. The summed E-state index contributed by atoms with van der Waals surface area (Å²) < 4.78 is 0. The SMILES string of the molecule is O[C@]1(c2ccc(Cl)cc2)CC2CCC1C2. The molecule has 1 N–H and O–H groups in total. The van der Waals surface area contributed by atoms with Crippen LogP contribution >= 0.6 is 11.6 Å². The van der Waals surface area contributed by atoms with Gasteiger partial charge in [0.2, 0.25) is 0 Å². The molecule has 1 nitrogen and oxygen atoms in total. The van der Waals surface area contributed by atoms with Gasteiger partial charge in [0.15, 0.2) is 0 Å². The van der Waals surface area contributed by atoms with Crippen LogP contribution in [0.25, 0.3) is 0 Å². The summed E-state index contributed by atoms with van der Waals surface area (Å²) in [5.74, 6) is 1.22. The first kappa shape index (κ1) is 9.68. The fourth-order valence-corrected chi connectivity index (χ4v) is 3.52. The normalized spacial score (nSPS) is 38.5. The highest BCUT2D eigenvalue weighted by molar-refractivity contribution is 6.30. The molecule has 2 aliphatic rings. The maximum absolute atomic E-state index is 10.7. The summed E-state index contributed by atoms with van der Waals surface area (Å²) in [7, 11) is 0. The van der Waals surface area contributed by atoms with Gasteiger partial charge in [0.05, 0.1) is 5.60 Å². The molecule has 1 aromatic carbocycles. The molecule has 2 bridgehead atoms. The Balaban J connectivity index is 1.96. The van der Waals surface area contributed by atoms with E-state index in [9.17, 15) is 5.11 Å². The van der Waals surface area contributed by atoms with Crippen molar-refractivity contribution < 1.29 is 5.11 Å². The molecule has 15 heavy (non-hydrogen) atoms. The largest absolute Gasteiger partial charge is 0.385 e. The highest BCUT2D eigenvalue weighted by Crippen LogP contribution is 2.55. The van der Waals surface area contributed by atoms with E-state index >= 15 is 0 Å². The first-order valence-electron chi connectivity index (χ1n) is 5.67. The standard InChI is InChI=1S/C13H15ClO/c14-12-5-3-10(4-6-12)13(15)8-9-1-2-11(13)7-9/h3-6,9,11,15H,1-2,7-8H2/t9?,11?,13-/m0/s1. The van der Waals surface area contributed by atoms with E-state index in [2.05, 4.69) is 0 Å². The molecule has 3 atom stereocenters. The van der Waals surface area contributed by atoms with Crippen LogP contribution in [0.1, 0.15) is 31.2 Å². The van der Waals surface area contributed by atoms with E-state index in [1.54, 1.807) is 0 Å². The molecular weight excluding hydrogens is 208 g/mol. The number of hydrogen-bond acceptors (Lipinski definition) is 1. The van der Waals surface area contributed by atoms with Gasteiger partial charge in [-0.15, -0.1) is 0 Å². The van der Waals surface area contributed by atoms with Crippen molar-refractivity contribution in [3.05, 3.63) is 34.9 Å². The zero-order valence-corrected chi connectivity index (χ0v) is 9.37. The van der Waals surface area contributed by atoms with Crippen molar-refractivity contribution in [2.45, 2.75) is 31.3 Å². The Labute approximate surface area is 95.1 Å². The van der Waals surface area contributed by atoms with Crippen LogP contribution in [0.3, 0.4) is 0 Å². The second-order valence-electron chi connectivity index (χ2n) is 5.01. The van der Waals surface area contributed by atoms with E-state index in [0.29, 0.717) is 5.92 Å². The molecule has 0 radical (unpaired) electrons. The van der Waals surface area contributed by atoms with Gasteiger partial charge in [-0.2, -0.15) is 0 Å². The summed E-state index contributed by atoms with van der Waals surface area (Å²) >= 11 is 5.86. The minimum Gasteiger partial charge on any atom is -0.385 e. The van der Waals surface area contributed by atoms with Gasteiger partial charge in [-0.1, -0.05) is 23.7 Å². The molecule has 2 fully saturated rings. The van der Waals surface area contributed by atoms with Crippen LogP contribution in [0.15, 0.2) is 24.3 Å². The van der Waals surface area contributed by atoms with Crippen molar-refractivity contribution in [1.82, 2.24) is 0 Å². The fourth-order valence-electron chi connectivity index (χ4n) is 3.39. The molecule has 0 saturated heterocycles. The lowest BCUT2D eigenvalue weighted by Crippen LogP contribution is -2.31. The lowest BCUT2D eigenvalue weighted by atomic mass is 9.79. The van der Waals surface area contributed by atoms with E-state index < -0.39 is 5.60 Å². The molecule has 0 aliphatic heterocycles. The third-order valence-corrected chi connectivity index (χ3v) is 4.41. The quantitative estimate of drug-likeness (QED) is 0.773. The number of hydrogen-bond donors (Lipinski definition) is 1. The second-order valence-corrected chi connectivity index (χ2v) is 5.45. The molecule has 2 saturated carbocycles. The van der Waals surface area contributed by atoms with Gasteiger partial charge in [-0.25, -0.2) is 0 Å². The molecule has 2 aliphatic carbocycles. The molecular formula is C13H15ClO. The van der Waals surface area contributed by atoms with Gasteiger partial charge >= 0.3 is 0 Å². The Hall–Kier alpha value is -0.530.